The van der Waals surface area contributed by atoms with Crippen molar-refractivity contribution < 1.29 is 4.74 Å². The Morgan fingerprint density at radius 2 is 2.13 bits per heavy atom. The van der Waals surface area contributed by atoms with Crippen LogP contribution in [0.2, 0.25) is 0 Å². The number of aryl methyl sites for hydroxylation is 1. The van der Waals surface area contributed by atoms with Crippen LogP contribution in [0.1, 0.15) is 20.3 Å². The van der Waals surface area contributed by atoms with Gasteiger partial charge in [0.15, 0.2) is 0 Å². The van der Waals surface area contributed by atoms with Crippen LogP contribution in [0.5, 0.6) is 0 Å². The minimum Gasteiger partial charge on any atom is -0.379 e. The fraction of sp³-hybridized carbons (Fsp3) is 0.600. The number of H-pyrrole nitrogens is 1. The monoisotopic (exact) mass is 212 g/mol. The zero-order valence-electron chi connectivity index (χ0n) is 9.24. The van der Waals surface area contributed by atoms with E-state index >= 15 is 0 Å². The molecule has 0 aliphatic rings. The summed E-state index contributed by atoms with van der Waals surface area (Å²) in [6.45, 7) is 4.42. The highest BCUT2D eigenvalue weighted by Gasteiger charge is 2.15. The first-order valence-corrected chi connectivity index (χ1v) is 4.79. The Labute approximate surface area is 87.7 Å². The molecule has 1 N–H and O–H groups in total. The molecule has 0 radical (unpaired) electrons. The SMILES string of the molecule is COC(C)(C)CCn1ccc(=O)[nH]c1=O. The molecule has 0 saturated carbocycles. The molecule has 15 heavy (non-hydrogen) atoms. The largest absolute Gasteiger partial charge is 0.379 e. The van der Waals surface area contributed by atoms with E-state index in [0.717, 1.165) is 0 Å². The molecule has 0 atom stereocenters. The molecule has 0 fully saturated rings. The highest BCUT2D eigenvalue weighted by Crippen LogP contribution is 2.12. The summed E-state index contributed by atoms with van der Waals surface area (Å²) in [5, 5.41) is 0. The first-order valence-electron chi connectivity index (χ1n) is 4.79. The van der Waals surface area contributed by atoms with Crippen molar-refractivity contribution in [2.24, 2.45) is 0 Å². The first kappa shape index (κ1) is 11.7. The number of hydrogen-bond donors (Lipinski definition) is 1. The van der Waals surface area contributed by atoms with Gasteiger partial charge in [-0.2, -0.15) is 0 Å². The molecule has 0 bridgehead atoms. The quantitative estimate of drug-likeness (QED) is 0.783. The number of aromatic amines is 1. The van der Waals surface area contributed by atoms with E-state index in [1.165, 1.54) is 16.8 Å². The van der Waals surface area contributed by atoms with Crippen molar-refractivity contribution in [2.75, 3.05) is 7.11 Å². The van der Waals surface area contributed by atoms with Crippen LogP contribution in [-0.4, -0.2) is 22.3 Å². The smallest absolute Gasteiger partial charge is 0.328 e. The van der Waals surface area contributed by atoms with E-state index in [1.54, 1.807) is 7.11 Å². The average molecular weight is 212 g/mol. The second-order valence-corrected chi connectivity index (χ2v) is 4.02. The van der Waals surface area contributed by atoms with Gasteiger partial charge < -0.3 is 9.30 Å². The lowest BCUT2D eigenvalue weighted by Gasteiger charge is -2.22. The fourth-order valence-corrected chi connectivity index (χ4v) is 1.11. The third-order valence-corrected chi connectivity index (χ3v) is 2.40. The Balaban J connectivity index is 2.75. The predicted molar refractivity (Wildman–Crippen MR) is 57.0 cm³/mol. The molecule has 5 nitrogen and oxygen atoms in total. The molecule has 1 rings (SSSR count). The van der Waals surface area contributed by atoms with Crippen molar-refractivity contribution in [1.82, 2.24) is 9.55 Å². The Hall–Kier alpha value is -1.36. The maximum Gasteiger partial charge on any atom is 0.328 e. The van der Waals surface area contributed by atoms with Gasteiger partial charge in [0.2, 0.25) is 0 Å². The van der Waals surface area contributed by atoms with E-state index in [4.69, 9.17) is 4.74 Å². The van der Waals surface area contributed by atoms with Crippen molar-refractivity contribution >= 4 is 0 Å². The summed E-state index contributed by atoms with van der Waals surface area (Å²) in [6, 6.07) is 1.33. The number of rotatable bonds is 4. The van der Waals surface area contributed by atoms with Crippen molar-refractivity contribution in [3.8, 4) is 0 Å². The summed E-state index contributed by atoms with van der Waals surface area (Å²) < 4.78 is 6.70. The molecule has 0 aromatic carbocycles. The molecule has 1 aromatic rings. The maximum absolute atomic E-state index is 11.3. The number of nitrogens with zero attached hydrogens (tertiary/aromatic N) is 1. The Bertz CT molecular complexity index is 431. The van der Waals surface area contributed by atoms with Gasteiger partial charge in [-0.15, -0.1) is 0 Å². The summed E-state index contributed by atoms with van der Waals surface area (Å²) in [5.41, 5.74) is -1.02. The predicted octanol–water partition coefficient (Wildman–Crippen LogP) is 0.352. The maximum atomic E-state index is 11.3. The number of hydrogen-bond acceptors (Lipinski definition) is 3. The molecule has 5 heteroatoms. The third-order valence-electron chi connectivity index (χ3n) is 2.40. The van der Waals surface area contributed by atoms with Gasteiger partial charge in [0.25, 0.3) is 5.56 Å². The minimum absolute atomic E-state index is 0.268. The molecule has 0 saturated heterocycles. The molecule has 1 heterocycles. The van der Waals surface area contributed by atoms with Gasteiger partial charge in [-0.3, -0.25) is 9.78 Å². The molecular formula is C10H16N2O3. The third kappa shape index (κ3) is 3.36. The fourth-order valence-electron chi connectivity index (χ4n) is 1.11. The van der Waals surface area contributed by atoms with Gasteiger partial charge in [0.05, 0.1) is 5.60 Å². The number of nitrogens with one attached hydrogen (secondary N) is 1. The normalized spacial score (nSPS) is 11.7. The lowest BCUT2D eigenvalue weighted by molar-refractivity contribution is 0.0118. The molecule has 0 spiro atoms. The van der Waals surface area contributed by atoms with Gasteiger partial charge in [-0.1, -0.05) is 0 Å². The molecule has 0 aliphatic heterocycles. The number of methoxy groups -OCH3 is 1. The molecule has 0 amide bonds. The Morgan fingerprint density at radius 1 is 1.47 bits per heavy atom. The van der Waals surface area contributed by atoms with E-state index in [2.05, 4.69) is 4.98 Å². The van der Waals surface area contributed by atoms with Crippen LogP contribution >= 0.6 is 0 Å². The summed E-state index contributed by atoms with van der Waals surface area (Å²) in [7, 11) is 1.63. The summed E-state index contributed by atoms with van der Waals surface area (Å²) >= 11 is 0. The van der Waals surface area contributed by atoms with Crippen molar-refractivity contribution in [2.45, 2.75) is 32.4 Å². The zero-order chi connectivity index (χ0) is 11.5. The molecule has 0 unspecified atom stereocenters. The summed E-state index contributed by atoms with van der Waals surface area (Å²) in [4.78, 5) is 24.3. The van der Waals surface area contributed by atoms with E-state index in [9.17, 15) is 9.59 Å². The van der Waals surface area contributed by atoms with Gasteiger partial charge in [-0.05, 0) is 20.3 Å². The topological polar surface area (TPSA) is 64.1 Å². The van der Waals surface area contributed by atoms with E-state index in [1.807, 2.05) is 13.8 Å². The van der Waals surface area contributed by atoms with Crippen LogP contribution in [0, 0.1) is 0 Å². The number of aromatic nitrogens is 2. The van der Waals surface area contributed by atoms with Gasteiger partial charge in [-0.25, -0.2) is 4.79 Å². The Kier molecular flexibility index (Phi) is 3.47. The molecule has 0 aliphatic carbocycles. The van der Waals surface area contributed by atoms with Crippen molar-refractivity contribution in [3.05, 3.63) is 33.1 Å². The van der Waals surface area contributed by atoms with Gasteiger partial charge in [0, 0.05) is 25.9 Å². The van der Waals surface area contributed by atoms with E-state index < -0.39 is 0 Å². The van der Waals surface area contributed by atoms with Crippen molar-refractivity contribution in [1.29, 1.82) is 0 Å². The summed E-state index contributed by atoms with van der Waals surface area (Å²) in [6.07, 6.45) is 2.20. The second kappa shape index (κ2) is 4.44. The van der Waals surface area contributed by atoms with Crippen LogP contribution in [0.4, 0.5) is 0 Å². The first-order chi connectivity index (χ1) is 6.94. The highest BCUT2D eigenvalue weighted by molar-refractivity contribution is 4.83. The van der Waals surface area contributed by atoms with Crippen LogP contribution in [-0.2, 0) is 11.3 Å². The molecule has 1 aromatic heterocycles. The standard InChI is InChI=1S/C10H16N2O3/c1-10(2,15-3)5-7-12-6-4-8(13)11-9(12)14/h4,6H,5,7H2,1-3H3,(H,11,13,14). The van der Waals surface area contributed by atoms with Crippen LogP contribution in [0.3, 0.4) is 0 Å². The van der Waals surface area contributed by atoms with Crippen LogP contribution < -0.4 is 11.2 Å². The zero-order valence-corrected chi connectivity index (χ0v) is 9.24. The van der Waals surface area contributed by atoms with Gasteiger partial charge >= 0.3 is 5.69 Å². The lowest BCUT2D eigenvalue weighted by atomic mass is 10.1. The molecule has 84 valence electrons. The Morgan fingerprint density at radius 3 is 2.67 bits per heavy atom. The van der Waals surface area contributed by atoms with E-state index in [-0.39, 0.29) is 16.9 Å². The average Bonchev–Trinajstić information content (AvgIpc) is 2.16. The highest BCUT2D eigenvalue weighted by atomic mass is 16.5. The minimum atomic E-state index is -0.380. The lowest BCUT2D eigenvalue weighted by Crippen LogP contribution is -2.32. The van der Waals surface area contributed by atoms with Crippen LogP contribution in [0.15, 0.2) is 21.9 Å². The van der Waals surface area contributed by atoms with Crippen molar-refractivity contribution in [3.63, 3.8) is 0 Å². The van der Waals surface area contributed by atoms with E-state index in [0.29, 0.717) is 13.0 Å². The summed E-state index contributed by atoms with van der Waals surface area (Å²) in [5.74, 6) is 0. The van der Waals surface area contributed by atoms with Crippen LogP contribution in [0.25, 0.3) is 0 Å². The molecular weight excluding hydrogens is 196 g/mol. The van der Waals surface area contributed by atoms with Gasteiger partial charge in [0.1, 0.15) is 0 Å². The second-order valence-electron chi connectivity index (χ2n) is 4.02. The number of ether oxygens (including phenoxy) is 1.